The van der Waals surface area contributed by atoms with Crippen molar-refractivity contribution in [2.45, 2.75) is 66.7 Å². The highest BCUT2D eigenvalue weighted by molar-refractivity contribution is 9.10. The Kier molecular flexibility index (Phi) is 6.90. The second kappa shape index (κ2) is 8.59. The Labute approximate surface area is 171 Å². The molecule has 2 rings (SSSR count). The van der Waals surface area contributed by atoms with Crippen LogP contribution in [0.3, 0.4) is 0 Å². The monoisotopic (exact) mass is 434 g/mol. The van der Waals surface area contributed by atoms with Crippen LogP contribution in [0.1, 0.15) is 68.3 Å². The van der Waals surface area contributed by atoms with E-state index in [4.69, 9.17) is 4.74 Å². The first-order chi connectivity index (χ1) is 12.5. The first kappa shape index (κ1) is 21.7. The molecule has 0 aliphatic carbocycles. The third kappa shape index (κ3) is 5.44. The largest absolute Gasteiger partial charge is 0.483 e. The lowest BCUT2D eigenvalue weighted by Gasteiger charge is -2.20. The number of halogens is 1. The molecule has 1 heterocycles. The molecule has 0 unspecified atom stereocenters. The van der Waals surface area contributed by atoms with E-state index in [1.54, 1.807) is 0 Å². The molecule has 1 aromatic heterocycles. The highest BCUT2D eigenvalue weighted by Gasteiger charge is 2.19. The molecule has 148 valence electrons. The number of aromatic nitrogens is 2. The lowest BCUT2D eigenvalue weighted by Crippen LogP contribution is -2.22. The number of ether oxygens (including phenoxy) is 1. The molecule has 0 aliphatic heterocycles. The smallest absolute Gasteiger partial charge is 0.284 e. The molecule has 0 amide bonds. The number of hydrogen-bond donors (Lipinski definition) is 0. The molecule has 0 bridgehead atoms. The summed E-state index contributed by atoms with van der Waals surface area (Å²) < 4.78 is 8.11. The molecule has 5 heteroatoms. The van der Waals surface area contributed by atoms with E-state index < -0.39 is 0 Å². The highest BCUT2D eigenvalue weighted by Crippen LogP contribution is 2.31. The normalized spacial score (nSPS) is 11.9. The molecule has 1 aromatic carbocycles. The molecular weight excluding hydrogens is 404 g/mol. The summed E-state index contributed by atoms with van der Waals surface area (Å²) in [6, 6.07) is 6.00. The van der Waals surface area contributed by atoms with E-state index in [2.05, 4.69) is 55.6 Å². The van der Waals surface area contributed by atoms with Crippen LogP contribution in [-0.2, 0) is 11.8 Å². The minimum absolute atomic E-state index is 0.0426. The fraction of sp³-hybridized carbons (Fsp3) is 0.545. The van der Waals surface area contributed by atoms with Crippen molar-refractivity contribution in [2.75, 3.05) is 6.61 Å². The lowest BCUT2D eigenvalue weighted by molar-refractivity contribution is 0.0817. The van der Waals surface area contributed by atoms with E-state index in [0.29, 0.717) is 11.7 Å². The molecule has 0 radical (unpaired) electrons. The Morgan fingerprint density at radius 1 is 1.26 bits per heavy atom. The van der Waals surface area contributed by atoms with Crippen molar-refractivity contribution >= 4 is 21.8 Å². The summed E-state index contributed by atoms with van der Waals surface area (Å²) >= 11 is 3.55. The van der Waals surface area contributed by atoms with Gasteiger partial charge in [0.05, 0.1) is 10.2 Å². The third-order valence-corrected chi connectivity index (χ3v) is 5.42. The zero-order chi connectivity index (χ0) is 20.4. The summed E-state index contributed by atoms with van der Waals surface area (Å²) in [5, 5.41) is 4.44. The molecule has 2 aromatic rings. The number of benzene rings is 1. The SMILES string of the molecule is Cc1nn(C(=O)COc2ccc(C(C)(C)C)cc2Br)c(C)c1CCC(C)C. The Morgan fingerprint density at radius 2 is 1.93 bits per heavy atom. The van der Waals surface area contributed by atoms with E-state index in [-0.39, 0.29) is 17.9 Å². The number of hydrogen-bond acceptors (Lipinski definition) is 3. The zero-order valence-corrected chi connectivity index (χ0v) is 19.1. The number of carbonyl (C=O) groups is 1. The topological polar surface area (TPSA) is 44.1 Å². The number of nitrogens with zero attached hydrogens (tertiary/aromatic N) is 2. The summed E-state index contributed by atoms with van der Waals surface area (Å²) in [6.07, 6.45) is 2.04. The van der Waals surface area contributed by atoms with E-state index in [0.717, 1.165) is 28.7 Å². The standard InChI is InChI=1S/C22H31BrN2O2/c1-14(2)8-10-18-15(3)24-25(16(18)4)21(26)13-27-20-11-9-17(12-19(20)23)22(5,6)7/h9,11-12,14H,8,10,13H2,1-7H3. The summed E-state index contributed by atoms with van der Waals surface area (Å²) in [6.45, 7) is 14.8. The van der Waals surface area contributed by atoms with Gasteiger partial charge in [-0.05, 0) is 77.2 Å². The van der Waals surface area contributed by atoms with Crippen LogP contribution in [0.5, 0.6) is 5.75 Å². The fourth-order valence-corrected chi connectivity index (χ4v) is 3.49. The molecule has 0 atom stereocenters. The summed E-state index contributed by atoms with van der Waals surface area (Å²) in [4.78, 5) is 12.6. The summed E-state index contributed by atoms with van der Waals surface area (Å²) in [5.74, 6) is 1.13. The van der Waals surface area contributed by atoms with Gasteiger partial charge < -0.3 is 4.74 Å². The molecule has 4 nitrogen and oxygen atoms in total. The van der Waals surface area contributed by atoms with E-state index in [9.17, 15) is 4.79 Å². The average Bonchev–Trinajstić information content (AvgIpc) is 2.85. The minimum atomic E-state index is -0.154. The quantitative estimate of drug-likeness (QED) is 0.570. The molecule has 0 saturated heterocycles. The van der Waals surface area contributed by atoms with E-state index in [1.165, 1.54) is 15.8 Å². The van der Waals surface area contributed by atoms with Crippen molar-refractivity contribution in [3.8, 4) is 5.75 Å². The Morgan fingerprint density at radius 3 is 2.48 bits per heavy atom. The van der Waals surface area contributed by atoms with Crippen molar-refractivity contribution in [3.05, 3.63) is 45.2 Å². The van der Waals surface area contributed by atoms with Crippen LogP contribution in [-0.4, -0.2) is 22.3 Å². The van der Waals surface area contributed by atoms with E-state index in [1.807, 2.05) is 32.0 Å². The van der Waals surface area contributed by atoms with Gasteiger partial charge in [-0.15, -0.1) is 0 Å². The number of carbonyl (C=O) groups excluding carboxylic acids is 1. The van der Waals surface area contributed by atoms with Crippen LogP contribution in [0, 0.1) is 19.8 Å². The average molecular weight is 435 g/mol. The molecule has 0 N–H and O–H groups in total. The van der Waals surface area contributed by atoms with Gasteiger partial charge in [-0.2, -0.15) is 5.10 Å². The van der Waals surface area contributed by atoms with Crippen LogP contribution >= 0.6 is 15.9 Å². The Hall–Kier alpha value is -1.62. The van der Waals surface area contributed by atoms with Gasteiger partial charge in [0.15, 0.2) is 6.61 Å². The number of aryl methyl sites for hydroxylation is 1. The van der Waals surface area contributed by atoms with Crippen LogP contribution in [0.4, 0.5) is 0 Å². The summed E-state index contributed by atoms with van der Waals surface area (Å²) in [7, 11) is 0. The predicted octanol–water partition coefficient (Wildman–Crippen LogP) is 5.87. The first-order valence-corrected chi connectivity index (χ1v) is 10.3. The van der Waals surface area contributed by atoms with Crippen LogP contribution in [0.15, 0.2) is 22.7 Å². The second-order valence-electron chi connectivity index (χ2n) is 8.57. The van der Waals surface area contributed by atoms with Gasteiger partial charge in [-0.1, -0.05) is 40.7 Å². The molecular formula is C22H31BrN2O2. The fourth-order valence-electron chi connectivity index (χ4n) is 3.00. The summed E-state index contributed by atoms with van der Waals surface area (Å²) in [5.41, 5.74) is 4.29. The van der Waals surface area contributed by atoms with Gasteiger partial charge in [0.1, 0.15) is 5.75 Å². The van der Waals surface area contributed by atoms with Gasteiger partial charge in [-0.3, -0.25) is 4.79 Å². The third-order valence-electron chi connectivity index (χ3n) is 4.80. The van der Waals surface area contributed by atoms with Crippen molar-refractivity contribution < 1.29 is 9.53 Å². The maximum Gasteiger partial charge on any atom is 0.284 e. The Balaban J connectivity index is 2.09. The Bertz CT molecular complexity index is 816. The molecule has 0 spiro atoms. The van der Waals surface area contributed by atoms with Crippen molar-refractivity contribution in [1.82, 2.24) is 9.78 Å². The molecule has 27 heavy (non-hydrogen) atoms. The van der Waals surface area contributed by atoms with Gasteiger partial charge in [0.25, 0.3) is 5.91 Å². The van der Waals surface area contributed by atoms with Gasteiger partial charge in [-0.25, -0.2) is 4.68 Å². The number of rotatable bonds is 6. The van der Waals surface area contributed by atoms with Crippen LogP contribution < -0.4 is 4.74 Å². The second-order valence-corrected chi connectivity index (χ2v) is 9.43. The molecule has 0 fully saturated rings. The maximum absolute atomic E-state index is 12.6. The van der Waals surface area contributed by atoms with Gasteiger partial charge in [0, 0.05) is 5.69 Å². The van der Waals surface area contributed by atoms with E-state index >= 15 is 0 Å². The predicted molar refractivity (Wildman–Crippen MR) is 114 cm³/mol. The first-order valence-electron chi connectivity index (χ1n) is 9.51. The zero-order valence-electron chi connectivity index (χ0n) is 17.5. The minimum Gasteiger partial charge on any atom is -0.483 e. The lowest BCUT2D eigenvalue weighted by atomic mass is 9.87. The maximum atomic E-state index is 12.6. The highest BCUT2D eigenvalue weighted by atomic mass is 79.9. The molecule has 0 aliphatic rings. The van der Waals surface area contributed by atoms with Crippen molar-refractivity contribution in [1.29, 1.82) is 0 Å². The van der Waals surface area contributed by atoms with Gasteiger partial charge >= 0.3 is 0 Å². The van der Waals surface area contributed by atoms with Crippen molar-refractivity contribution in [3.63, 3.8) is 0 Å². The van der Waals surface area contributed by atoms with Crippen molar-refractivity contribution in [2.24, 2.45) is 5.92 Å². The van der Waals surface area contributed by atoms with Crippen LogP contribution in [0.25, 0.3) is 0 Å². The van der Waals surface area contributed by atoms with Gasteiger partial charge in [0.2, 0.25) is 0 Å². The van der Waals surface area contributed by atoms with Crippen LogP contribution in [0.2, 0.25) is 0 Å². The molecule has 0 saturated carbocycles.